The van der Waals surface area contributed by atoms with Crippen LogP contribution in [0.15, 0.2) is 65.5 Å². The highest BCUT2D eigenvalue weighted by Gasteiger charge is 2.32. The molecular formula is C24H24N4OS. The number of rotatable bonds is 5. The van der Waals surface area contributed by atoms with Crippen LogP contribution in [0.4, 0.5) is 0 Å². The van der Waals surface area contributed by atoms with E-state index in [0.717, 1.165) is 35.1 Å². The number of nitrogens with one attached hydrogen (secondary N) is 1. The van der Waals surface area contributed by atoms with Gasteiger partial charge in [0.15, 0.2) is 5.82 Å². The van der Waals surface area contributed by atoms with Gasteiger partial charge in [0, 0.05) is 5.38 Å². The molecule has 0 bridgehead atoms. The molecule has 0 radical (unpaired) electrons. The molecule has 5 nitrogen and oxygen atoms in total. The Morgan fingerprint density at radius 2 is 1.80 bits per heavy atom. The van der Waals surface area contributed by atoms with Gasteiger partial charge >= 0.3 is 0 Å². The smallest absolute Gasteiger partial charge is 0.246 e. The summed E-state index contributed by atoms with van der Waals surface area (Å²) in [5.74, 6) is 0.878. The molecule has 1 aliphatic rings. The van der Waals surface area contributed by atoms with Crippen LogP contribution in [0.25, 0.3) is 22.6 Å². The molecule has 6 heteroatoms. The van der Waals surface area contributed by atoms with Crippen LogP contribution < -0.4 is 5.43 Å². The summed E-state index contributed by atoms with van der Waals surface area (Å²) in [5.41, 5.74) is 8.56. The van der Waals surface area contributed by atoms with Gasteiger partial charge in [-0.15, -0.1) is 11.3 Å². The van der Waals surface area contributed by atoms with Gasteiger partial charge in [-0.05, 0) is 36.5 Å². The maximum atomic E-state index is 13.7. The number of hydrogen-bond donors (Lipinski definition) is 1. The summed E-state index contributed by atoms with van der Waals surface area (Å²) in [6.07, 6.45) is 5.84. The Morgan fingerprint density at radius 3 is 2.57 bits per heavy atom. The second-order valence-corrected chi connectivity index (χ2v) is 8.61. The third kappa shape index (κ3) is 3.63. The minimum absolute atomic E-state index is 0.0210. The molecule has 5 rings (SSSR count). The molecular weight excluding hydrogens is 392 g/mol. The molecule has 0 saturated heterocycles. The van der Waals surface area contributed by atoms with Gasteiger partial charge in [0.25, 0.3) is 0 Å². The van der Waals surface area contributed by atoms with Crippen molar-refractivity contribution in [3.63, 3.8) is 0 Å². The number of imidazole rings is 1. The average Bonchev–Trinajstić information content (AvgIpc) is 3.44. The van der Waals surface area contributed by atoms with Gasteiger partial charge in [-0.3, -0.25) is 10.2 Å². The number of fused-ring (bicyclic) bond motifs is 1. The zero-order valence-corrected chi connectivity index (χ0v) is 17.5. The molecule has 1 fully saturated rings. The number of aromatic nitrogens is 3. The fourth-order valence-electron chi connectivity index (χ4n) is 4.58. The Balaban J connectivity index is 1.54. The highest BCUT2D eigenvalue weighted by Crippen LogP contribution is 2.37. The van der Waals surface area contributed by atoms with Gasteiger partial charge in [-0.25, -0.2) is 14.6 Å². The molecule has 0 spiro atoms. The quantitative estimate of drug-likeness (QED) is 0.461. The van der Waals surface area contributed by atoms with Crippen LogP contribution >= 0.6 is 11.3 Å². The number of benzene rings is 2. The van der Waals surface area contributed by atoms with Gasteiger partial charge in [0.2, 0.25) is 5.91 Å². The summed E-state index contributed by atoms with van der Waals surface area (Å²) in [6, 6.07) is 18.1. The van der Waals surface area contributed by atoms with E-state index in [2.05, 4.69) is 22.5 Å². The summed E-state index contributed by atoms with van der Waals surface area (Å²) in [5, 5.41) is 1.96. The summed E-state index contributed by atoms with van der Waals surface area (Å²) >= 11 is 1.52. The minimum Gasteiger partial charge on any atom is -0.273 e. The van der Waals surface area contributed by atoms with Gasteiger partial charge in [-0.1, -0.05) is 61.7 Å². The van der Waals surface area contributed by atoms with Crippen molar-refractivity contribution >= 4 is 28.3 Å². The van der Waals surface area contributed by atoms with Crippen molar-refractivity contribution in [2.75, 3.05) is 5.43 Å². The SMILES string of the molecule is O=C(Nn1c(-c2cscn2)nc2ccccc21)C(c1ccccc1)C1CCCCC1. The molecule has 1 amide bonds. The molecule has 4 aromatic rings. The number of carbonyl (C=O) groups excluding carboxylic acids is 1. The number of amides is 1. The van der Waals surface area contributed by atoms with E-state index in [1.54, 1.807) is 5.51 Å². The maximum absolute atomic E-state index is 13.7. The lowest BCUT2D eigenvalue weighted by Gasteiger charge is -2.30. The third-order valence-electron chi connectivity index (χ3n) is 6.01. The molecule has 1 N–H and O–H groups in total. The highest BCUT2D eigenvalue weighted by molar-refractivity contribution is 7.07. The topological polar surface area (TPSA) is 59.8 Å². The fourth-order valence-corrected chi connectivity index (χ4v) is 5.11. The van der Waals surface area contributed by atoms with Crippen LogP contribution in [0.2, 0.25) is 0 Å². The zero-order valence-electron chi connectivity index (χ0n) is 16.7. The van der Waals surface area contributed by atoms with E-state index in [1.165, 1.54) is 30.6 Å². The summed E-state index contributed by atoms with van der Waals surface area (Å²) < 4.78 is 1.81. The standard InChI is InChI=1S/C24H24N4OS/c29-24(22(17-9-3-1-4-10-17)18-11-5-2-6-12-18)27-28-21-14-8-7-13-19(21)26-23(28)20-15-30-16-25-20/h1,3-4,7-10,13-16,18,22H,2,5-6,11-12H2,(H,27,29). The number of carbonyl (C=O) groups is 1. The van der Waals surface area contributed by atoms with E-state index >= 15 is 0 Å². The second-order valence-electron chi connectivity index (χ2n) is 7.90. The van der Waals surface area contributed by atoms with Crippen LogP contribution in [0.1, 0.15) is 43.6 Å². The van der Waals surface area contributed by atoms with Crippen molar-refractivity contribution in [3.8, 4) is 11.5 Å². The van der Waals surface area contributed by atoms with Crippen molar-refractivity contribution in [1.29, 1.82) is 0 Å². The monoisotopic (exact) mass is 416 g/mol. The van der Waals surface area contributed by atoms with Gasteiger partial charge in [0.1, 0.15) is 5.69 Å². The Morgan fingerprint density at radius 1 is 1.03 bits per heavy atom. The van der Waals surface area contributed by atoms with Crippen LogP contribution in [-0.2, 0) is 4.79 Å². The van der Waals surface area contributed by atoms with E-state index < -0.39 is 0 Å². The van der Waals surface area contributed by atoms with Crippen molar-refractivity contribution in [1.82, 2.24) is 14.6 Å². The third-order valence-corrected chi connectivity index (χ3v) is 6.59. The van der Waals surface area contributed by atoms with Crippen LogP contribution in [-0.4, -0.2) is 20.6 Å². The van der Waals surface area contributed by atoms with Crippen molar-refractivity contribution in [2.24, 2.45) is 5.92 Å². The van der Waals surface area contributed by atoms with E-state index in [4.69, 9.17) is 4.98 Å². The number of para-hydroxylation sites is 2. The van der Waals surface area contributed by atoms with Crippen molar-refractivity contribution in [2.45, 2.75) is 38.0 Å². The predicted molar refractivity (Wildman–Crippen MR) is 121 cm³/mol. The molecule has 2 heterocycles. The lowest BCUT2D eigenvalue weighted by atomic mass is 9.76. The first-order chi connectivity index (χ1) is 14.8. The summed E-state index contributed by atoms with van der Waals surface area (Å²) in [6.45, 7) is 0. The Hall–Kier alpha value is -2.99. The Labute approximate surface area is 179 Å². The first-order valence-electron chi connectivity index (χ1n) is 10.5. The predicted octanol–water partition coefficient (Wildman–Crippen LogP) is 5.59. The highest BCUT2D eigenvalue weighted by atomic mass is 32.1. The van der Waals surface area contributed by atoms with E-state index in [-0.39, 0.29) is 11.8 Å². The van der Waals surface area contributed by atoms with Gasteiger partial charge in [-0.2, -0.15) is 0 Å². The van der Waals surface area contributed by atoms with E-state index in [0.29, 0.717) is 11.7 Å². The van der Waals surface area contributed by atoms with E-state index in [9.17, 15) is 4.79 Å². The second kappa shape index (κ2) is 8.40. The minimum atomic E-state index is -0.170. The number of nitrogens with zero attached hydrogens (tertiary/aromatic N) is 3. The molecule has 1 atom stereocenters. The van der Waals surface area contributed by atoms with Crippen LogP contribution in [0.5, 0.6) is 0 Å². The summed E-state index contributed by atoms with van der Waals surface area (Å²) in [7, 11) is 0. The Bertz CT molecular complexity index is 1130. The van der Waals surface area contributed by atoms with Crippen LogP contribution in [0, 0.1) is 5.92 Å². The van der Waals surface area contributed by atoms with Gasteiger partial charge in [0.05, 0.1) is 22.5 Å². The van der Waals surface area contributed by atoms with Crippen molar-refractivity contribution < 1.29 is 4.79 Å². The first kappa shape index (κ1) is 19.0. The maximum Gasteiger partial charge on any atom is 0.246 e. The average molecular weight is 417 g/mol. The van der Waals surface area contributed by atoms with E-state index in [1.807, 2.05) is 52.5 Å². The molecule has 152 valence electrons. The zero-order chi connectivity index (χ0) is 20.3. The molecule has 0 aliphatic heterocycles. The molecule has 2 aromatic heterocycles. The van der Waals surface area contributed by atoms with Crippen molar-refractivity contribution in [3.05, 3.63) is 71.1 Å². The molecule has 1 saturated carbocycles. The number of hydrogen-bond acceptors (Lipinski definition) is 4. The number of thiazole rings is 1. The fraction of sp³-hybridized carbons (Fsp3) is 0.292. The largest absolute Gasteiger partial charge is 0.273 e. The normalized spacial score (nSPS) is 15.9. The summed E-state index contributed by atoms with van der Waals surface area (Å²) in [4.78, 5) is 22.9. The molecule has 1 unspecified atom stereocenters. The first-order valence-corrected chi connectivity index (χ1v) is 11.5. The molecule has 30 heavy (non-hydrogen) atoms. The van der Waals surface area contributed by atoms with Crippen LogP contribution in [0.3, 0.4) is 0 Å². The lowest BCUT2D eigenvalue weighted by Crippen LogP contribution is -2.33. The lowest BCUT2D eigenvalue weighted by molar-refractivity contribution is -0.119. The van der Waals surface area contributed by atoms with Gasteiger partial charge < -0.3 is 0 Å². The molecule has 1 aliphatic carbocycles. The Kier molecular flexibility index (Phi) is 5.32. The molecule has 2 aromatic carbocycles.